The minimum atomic E-state index is -1.35. The molecule has 0 bridgehead atoms. The number of amides is 4. The number of carbonyl (C=O) groups excluding carboxylic acids is 4. The summed E-state index contributed by atoms with van der Waals surface area (Å²) in [7, 11) is 0. The molecule has 12 nitrogen and oxygen atoms in total. The lowest BCUT2D eigenvalue weighted by molar-refractivity contribution is -0.139. The average Bonchev–Trinajstić information content (AvgIpc) is 3.05. The predicted molar refractivity (Wildman–Crippen MR) is 159 cm³/mol. The number of aliphatic carboxylic acids is 1. The second-order valence-electron chi connectivity index (χ2n) is 11.3. The second kappa shape index (κ2) is 15.7. The molecule has 1 unspecified atom stereocenters. The van der Waals surface area contributed by atoms with Crippen LogP contribution in [0.3, 0.4) is 0 Å². The van der Waals surface area contributed by atoms with Crippen LogP contribution in [0.4, 0.5) is 4.79 Å². The Morgan fingerprint density at radius 3 is 2.30 bits per heavy atom. The van der Waals surface area contributed by atoms with Gasteiger partial charge in [0.2, 0.25) is 11.8 Å². The van der Waals surface area contributed by atoms with E-state index >= 15 is 0 Å². The summed E-state index contributed by atoms with van der Waals surface area (Å²) in [5.41, 5.74) is 1.11. The molecule has 4 N–H and O–H groups in total. The third-order valence-corrected chi connectivity index (χ3v) is 8.20. The summed E-state index contributed by atoms with van der Waals surface area (Å²) in [6, 6.07) is 13.5. The molecule has 2 heterocycles. The smallest absolute Gasteiger partial charge is 0.410 e. The number of nitrogens with one attached hydrogen (secondary N) is 2. The van der Waals surface area contributed by atoms with Crippen molar-refractivity contribution in [3.63, 3.8) is 0 Å². The second-order valence-corrected chi connectivity index (χ2v) is 11.3. The van der Waals surface area contributed by atoms with Gasteiger partial charge in [-0.15, -0.1) is 0 Å². The number of ether oxygens (including phenoxy) is 1. The molecule has 0 aliphatic carbocycles. The van der Waals surface area contributed by atoms with E-state index in [4.69, 9.17) is 4.74 Å². The van der Waals surface area contributed by atoms with E-state index in [-0.39, 0.29) is 48.9 Å². The van der Waals surface area contributed by atoms with Crippen molar-refractivity contribution in [3.8, 4) is 5.75 Å². The number of phenolic OH excluding ortho intramolecular Hbond substituents is 1. The molecule has 2 atom stereocenters. The van der Waals surface area contributed by atoms with Crippen molar-refractivity contribution in [3.05, 3.63) is 65.7 Å². The molecular formula is C32H40N4O8. The van der Waals surface area contributed by atoms with Crippen LogP contribution in [0.25, 0.3) is 0 Å². The minimum absolute atomic E-state index is 0.0169. The van der Waals surface area contributed by atoms with E-state index in [2.05, 4.69) is 10.6 Å². The van der Waals surface area contributed by atoms with Gasteiger partial charge in [0.25, 0.3) is 5.91 Å². The first-order valence-electron chi connectivity index (χ1n) is 15.0. The van der Waals surface area contributed by atoms with E-state index in [1.807, 2.05) is 30.3 Å². The quantitative estimate of drug-likeness (QED) is 0.302. The lowest BCUT2D eigenvalue weighted by Crippen LogP contribution is -2.51. The molecule has 0 spiro atoms. The standard InChI is InChI=1S/C32H40N4O8/c37-26-11-9-24(10-12-26)30(40)34-27(31(41)42)19-33-29(39)25-7-4-16-36(20-25)28(38)13-8-22-14-17-35(18-15-22)32(43)44-21-23-5-2-1-3-6-23/h1-3,5-6,9-12,22,25,27,37H,4,7-8,13-21H2,(H,33,39)(H,34,40)(H,41,42)/t25-,27?/m1/s1. The zero-order chi connectivity index (χ0) is 31.5. The predicted octanol–water partition coefficient (Wildman–Crippen LogP) is 2.76. The number of carboxylic acid groups (broad SMARTS) is 1. The molecule has 2 aromatic carbocycles. The average molecular weight is 609 g/mol. The Morgan fingerprint density at radius 2 is 1.61 bits per heavy atom. The van der Waals surface area contributed by atoms with Crippen LogP contribution in [-0.2, 0) is 25.7 Å². The summed E-state index contributed by atoms with van der Waals surface area (Å²) >= 11 is 0. The first kappa shape index (κ1) is 32.3. The van der Waals surface area contributed by atoms with Gasteiger partial charge in [-0.3, -0.25) is 14.4 Å². The Labute approximate surface area is 256 Å². The summed E-state index contributed by atoms with van der Waals surface area (Å²) < 4.78 is 5.43. The lowest BCUT2D eigenvalue weighted by Gasteiger charge is -2.34. The topological polar surface area (TPSA) is 166 Å². The number of benzene rings is 2. The maximum absolute atomic E-state index is 13.0. The maximum atomic E-state index is 13.0. The number of rotatable bonds is 11. The van der Waals surface area contributed by atoms with Gasteiger partial charge in [0, 0.05) is 44.7 Å². The first-order chi connectivity index (χ1) is 21.2. The molecule has 2 aliphatic heterocycles. The Morgan fingerprint density at radius 1 is 0.909 bits per heavy atom. The van der Waals surface area contributed by atoms with Gasteiger partial charge in [0.15, 0.2) is 0 Å². The van der Waals surface area contributed by atoms with E-state index in [9.17, 15) is 34.2 Å². The number of likely N-dealkylation sites (tertiary alicyclic amines) is 2. The SMILES string of the molecule is O=C(NC(CNC(=O)[C@@H]1CCCN(C(=O)CCC2CCN(C(=O)OCc3ccccc3)CC2)C1)C(=O)O)c1ccc(O)cc1. The minimum Gasteiger partial charge on any atom is -0.508 e. The zero-order valence-corrected chi connectivity index (χ0v) is 24.7. The Bertz CT molecular complexity index is 1300. The number of hydrogen-bond acceptors (Lipinski definition) is 7. The van der Waals surface area contributed by atoms with Gasteiger partial charge in [-0.2, -0.15) is 0 Å². The highest BCUT2D eigenvalue weighted by atomic mass is 16.6. The molecule has 44 heavy (non-hydrogen) atoms. The third-order valence-electron chi connectivity index (χ3n) is 8.20. The number of piperidine rings is 2. The Kier molecular flexibility index (Phi) is 11.6. The van der Waals surface area contributed by atoms with Crippen LogP contribution in [0, 0.1) is 11.8 Å². The van der Waals surface area contributed by atoms with Gasteiger partial charge in [-0.05, 0) is 67.9 Å². The van der Waals surface area contributed by atoms with Crippen LogP contribution in [0.2, 0.25) is 0 Å². The number of hydrogen-bond donors (Lipinski definition) is 4. The zero-order valence-electron chi connectivity index (χ0n) is 24.7. The van der Waals surface area contributed by atoms with Crippen LogP contribution in [-0.4, -0.2) is 88.6 Å². The molecule has 2 fully saturated rings. The van der Waals surface area contributed by atoms with E-state index in [1.165, 1.54) is 24.3 Å². The highest BCUT2D eigenvalue weighted by Crippen LogP contribution is 2.24. The molecule has 12 heteroatoms. The normalized spacial score (nSPS) is 17.8. The van der Waals surface area contributed by atoms with Crippen LogP contribution < -0.4 is 10.6 Å². The summed E-state index contributed by atoms with van der Waals surface area (Å²) in [6.07, 6.45) is 3.58. The van der Waals surface area contributed by atoms with Crippen LogP contribution in [0.5, 0.6) is 5.75 Å². The van der Waals surface area contributed by atoms with Gasteiger partial charge in [0.05, 0.1) is 5.92 Å². The van der Waals surface area contributed by atoms with Gasteiger partial charge >= 0.3 is 12.1 Å². The molecule has 0 saturated carbocycles. The lowest BCUT2D eigenvalue weighted by atomic mass is 9.91. The van der Waals surface area contributed by atoms with Crippen molar-refractivity contribution < 1.29 is 38.9 Å². The summed E-state index contributed by atoms with van der Waals surface area (Å²) in [5, 5.41) is 23.9. The molecule has 2 aliphatic rings. The van der Waals surface area contributed by atoms with E-state index in [0.717, 1.165) is 18.4 Å². The Hall–Kier alpha value is -4.61. The largest absolute Gasteiger partial charge is 0.508 e. The molecule has 0 radical (unpaired) electrons. The van der Waals surface area contributed by atoms with Crippen molar-refractivity contribution in [1.29, 1.82) is 0 Å². The van der Waals surface area contributed by atoms with E-state index in [0.29, 0.717) is 51.2 Å². The summed E-state index contributed by atoms with van der Waals surface area (Å²) in [6.45, 7) is 1.93. The fourth-order valence-electron chi connectivity index (χ4n) is 5.52. The number of nitrogens with zero attached hydrogens (tertiary/aromatic N) is 2. The third kappa shape index (κ3) is 9.45. The molecule has 2 aromatic rings. The maximum Gasteiger partial charge on any atom is 0.410 e. The number of carbonyl (C=O) groups is 5. The number of aromatic hydroxyl groups is 1. The van der Waals surface area contributed by atoms with Crippen LogP contribution in [0.15, 0.2) is 54.6 Å². The molecule has 4 rings (SSSR count). The van der Waals surface area contributed by atoms with E-state index in [1.54, 1.807) is 9.80 Å². The highest BCUT2D eigenvalue weighted by molar-refractivity contribution is 5.96. The van der Waals surface area contributed by atoms with E-state index < -0.39 is 23.8 Å². The molecule has 236 valence electrons. The van der Waals surface area contributed by atoms with Gasteiger partial charge in [-0.1, -0.05) is 30.3 Å². The van der Waals surface area contributed by atoms with Crippen molar-refractivity contribution >= 4 is 29.8 Å². The first-order valence-corrected chi connectivity index (χ1v) is 15.0. The molecular weight excluding hydrogens is 568 g/mol. The highest BCUT2D eigenvalue weighted by Gasteiger charge is 2.31. The number of carboxylic acids is 1. The van der Waals surface area contributed by atoms with Crippen molar-refractivity contribution in [2.24, 2.45) is 11.8 Å². The summed E-state index contributed by atoms with van der Waals surface area (Å²) in [5.74, 6) is -2.49. The fourth-order valence-corrected chi connectivity index (χ4v) is 5.52. The van der Waals surface area contributed by atoms with Crippen molar-refractivity contribution in [1.82, 2.24) is 20.4 Å². The van der Waals surface area contributed by atoms with Crippen LogP contribution in [0.1, 0.15) is 54.4 Å². The van der Waals surface area contributed by atoms with Gasteiger partial charge in [0.1, 0.15) is 18.4 Å². The van der Waals surface area contributed by atoms with Crippen molar-refractivity contribution in [2.75, 3.05) is 32.7 Å². The van der Waals surface area contributed by atoms with Crippen LogP contribution >= 0.6 is 0 Å². The fraction of sp³-hybridized carbons (Fsp3) is 0.469. The van der Waals surface area contributed by atoms with Crippen molar-refractivity contribution in [2.45, 2.75) is 51.2 Å². The molecule has 2 saturated heterocycles. The number of phenols is 1. The summed E-state index contributed by atoms with van der Waals surface area (Å²) in [4.78, 5) is 65.8. The van der Waals surface area contributed by atoms with Gasteiger partial charge < -0.3 is 35.4 Å². The molecule has 4 amide bonds. The monoisotopic (exact) mass is 608 g/mol. The van der Waals surface area contributed by atoms with Gasteiger partial charge in [-0.25, -0.2) is 9.59 Å². The molecule has 0 aromatic heterocycles. The Balaban J connectivity index is 1.16.